The van der Waals surface area contributed by atoms with E-state index in [0.717, 1.165) is 10.1 Å². The number of fused-ring (bicyclic) bond motifs is 1. The molecular formula is C12H14N2O6S. The zero-order chi connectivity index (χ0) is 15.3. The first-order valence-corrected chi connectivity index (χ1v) is 7.18. The summed E-state index contributed by atoms with van der Waals surface area (Å²) < 4.78 is 6.31. The van der Waals surface area contributed by atoms with E-state index >= 15 is 0 Å². The molecule has 4 unspecified atom stereocenters. The number of nitrogens with zero attached hydrogens (tertiary/aromatic N) is 1. The van der Waals surface area contributed by atoms with Crippen LogP contribution in [0.5, 0.6) is 0 Å². The van der Waals surface area contributed by atoms with E-state index in [1.165, 1.54) is 11.3 Å². The second kappa shape index (κ2) is 5.04. The van der Waals surface area contributed by atoms with Gasteiger partial charge in [-0.25, -0.2) is 9.36 Å². The Morgan fingerprint density at radius 3 is 2.71 bits per heavy atom. The van der Waals surface area contributed by atoms with Crippen molar-refractivity contribution in [1.29, 1.82) is 0 Å². The summed E-state index contributed by atoms with van der Waals surface area (Å²) in [4.78, 5) is 27.1. The van der Waals surface area contributed by atoms with Crippen LogP contribution in [-0.4, -0.2) is 49.8 Å². The van der Waals surface area contributed by atoms with E-state index < -0.39 is 42.4 Å². The van der Waals surface area contributed by atoms with Gasteiger partial charge < -0.3 is 25.0 Å². The maximum Gasteiger partial charge on any atom is 0.331 e. The molecule has 0 aromatic carbocycles. The lowest BCUT2D eigenvalue weighted by atomic mass is 10.1. The van der Waals surface area contributed by atoms with Crippen molar-refractivity contribution in [2.24, 2.45) is 0 Å². The molecule has 2 aromatic heterocycles. The summed E-state index contributed by atoms with van der Waals surface area (Å²) >= 11 is 1.18. The maximum absolute atomic E-state index is 12.4. The van der Waals surface area contributed by atoms with Gasteiger partial charge in [-0.2, -0.15) is 0 Å². The zero-order valence-electron chi connectivity index (χ0n) is 11.0. The second-order valence-corrected chi connectivity index (χ2v) is 5.84. The molecule has 0 amide bonds. The quantitative estimate of drug-likeness (QED) is 0.544. The number of aliphatic hydroxyl groups is 3. The molecule has 0 radical (unpaired) electrons. The Morgan fingerprint density at radius 1 is 1.38 bits per heavy atom. The van der Waals surface area contributed by atoms with Gasteiger partial charge in [0, 0.05) is 0 Å². The Hall–Kier alpha value is -1.52. The average Bonchev–Trinajstić information content (AvgIpc) is 2.94. The minimum absolute atomic E-state index is 0.338. The molecule has 114 valence electrons. The van der Waals surface area contributed by atoms with E-state index in [4.69, 9.17) is 9.84 Å². The van der Waals surface area contributed by atoms with Crippen LogP contribution in [-0.2, 0) is 4.74 Å². The van der Waals surface area contributed by atoms with Gasteiger partial charge in [0.05, 0.1) is 12.1 Å². The summed E-state index contributed by atoms with van der Waals surface area (Å²) in [6, 6.07) is 0. The number of aromatic nitrogens is 2. The molecule has 0 aliphatic carbocycles. The van der Waals surface area contributed by atoms with Gasteiger partial charge in [0.15, 0.2) is 6.23 Å². The fraction of sp³-hybridized carbons (Fsp3) is 0.500. The number of thiophene rings is 1. The van der Waals surface area contributed by atoms with Gasteiger partial charge in [0.2, 0.25) is 0 Å². The van der Waals surface area contributed by atoms with Gasteiger partial charge in [0.1, 0.15) is 23.0 Å². The van der Waals surface area contributed by atoms with Gasteiger partial charge in [-0.3, -0.25) is 4.79 Å². The highest BCUT2D eigenvalue weighted by molar-refractivity contribution is 7.17. The predicted octanol–water partition coefficient (Wildman–Crippen LogP) is -1.33. The van der Waals surface area contributed by atoms with Crippen molar-refractivity contribution in [2.45, 2.75) is 31.5 Å². The van der Waals surface area contributed by atoms with Gasteiger partial charge >= 0.3 is 5.69 Å². The summed E-state index contributed by atoms with van der Waals surface area (Å²) in [6.45, 7) is 1.24. The van der Waals surface area contributed by atoms with Crippen molar-refractivity contribution in [3.05, 3.63) is 31.8 Å². The molecule has 1 fully saturated rings. The van der Waals surface area contributed by atoms with Gasteiger partial charge in [0.25, 0.3) is 5.56 Å². The Morgan fingerprint density at radius 2 is 2.10 bits per heavy atom. The molecule has 3 heterocycles. The monoisotopic (exact) mass is 314 g/mol. The Kier molecular flexibility index (Phi) is 3.46. The normalized spacial score (nSPS) is 29.3. The zero-order valence-corrected chi connectivity index (χ0v) is 11.8. The Labute approximate surface area is 121 Å². The molecule has 1 aliphatic rings. The molecule has 9 heteroatoms. The molecule has 0 spiro atoms. The van der Waals surface area contributed by atoms with Crippen LogP contribution >= 0.6 is 11.3 Å². The molecular weight excluding hydrogens is 300 g/mol. The number of hydrogen-bond donors (Lipinski definition) is 4. The molecule has 2 aromatic rings. The van der Waals surface area contributed by atoms with Crippen molar-refractivity contribution < 1.29 is 20.1 Å². The van der Waals surface area contributed by atoms with Crippen LogP contribution in [0.15, 0.2) is 15.0 Å². The number of ether oxygens (including phenoxy) is 1. The van der Waals surface area contributed by atoms with Gasteiger partial charge in [-0.1, -0.05) is 0 Å². The van der Waals surface area contributed by atoms with Crippen molar-refractivity contribution in [2.75, 3.05) is 6.61 Å². The van der Waals surface area contributed by atoms with E-state index in [2.05, 4.69) is 4.98 Å². The fourth-order valence-electron chi connectivity index (χ4n) is 2.45. The standard InChI is InChI=1S/C12H14N2O6S/c1-4-3-21-9-6(4)13-12(19)14(10(9)18)11-8(17)7(16)5(2-15)20-11/h3,5,7-8,11,15-17H,2H2,1H3,(H,13,19). The number of nitrogens with one attached hydrogen (secondary N) is 1. The van der Waals surface area contributed by atoms with Crippen molar-refractivity contribution in [3.63, 3.8) is 0 Å². The van der Waals surface area contributed by atoms with E-state index in [1.807, 2.05) is 0 Å². The first-order valence-electron chi connectivity index (χ1n) is 6.30. The summed E-state index contributed by atoms with van der Waals surface area (Å²) in [7, 11) is 0. The minimum atomic E-state index is -1.47. The summed E-state index contributed by atoms with van der Waals surface area (Å²) in [5.41, 5.74) is -0.0963. The average molecular weight is 314 g/mol. The Bertz CT molecular complexity index is 793. The van der Waals surface area contributed by atoms with Crippen LogP contribution in [0.4, 0.5) is 0 Å². The third-order valence-corrected chi connectivity index (χ3v) is 4.70. The minimum Gasteiger partial charge on any atom is -0.394 e. The van der Waals surface area contributed by atoms with Crippen LogP contribution in [0.2, 0.25) is 0 Å². The van der Waals surface area contributed by atoms with Crippen molar-refractivity contribution in [1.82, 2.24) is 9.55 Å². The van der Waals surface area contributed by atoms with Crippen LogP contribution in [0, 0.1) is 6.92 Å². The molecule has 1 saturated heterocycles. The molecule has 0 saturated carbocycles. The largest absolute Gasteiger partial charge is 0.394 e. The van der Waals surface area contributed by atoms with Crippen LogP contribution < -0.4 is 11.2 Å². The molecule has 4 N–H and O–H groups in total. The van der Waals surface area contributed by atoms with E-state index in [1.54, 1.807) is 12.3 Å². The predicted molar refractivity (Wildman–Crippen MR) is 74.5 cm³/mol. The first kappa shape index (κ1) is 14.4. The highest BCUT2D eigenvalue weighted by atomic mass is 32.1. The highest BCUT2D eigenvalue weighted by Gasteiger charge is 2.44. The second-order valence-electron chi connectivity index (χ2n) is 4.96. The molecule has 21 heavy (non-hydrogen) atoms. The molecule has 0 bridgehead atoms. The topological polar surface area (TPSA) is 125 Å². The summed E-state index contributed by atoms with van der Waals surface area (Å²) in [6.07, 6.45) is -5.22. The lowest BCUT2D eigenvalue weighted by Gasteiger charge is -2.16. The molecule has 4 atom stereocenters. The number of rotatable bonds is 2. The number of hydrogen-bond acceptors (Lipinski definition) is 7. The van der Waals surface area contributed by atoms with Crippen molar-refractivity contribution in [3.8, 4) is 0 Å². The maximum atomic E-state index is 12.4. The number of aryl methyl sites for hydroxylation is 1. The Balaban J connectivity index is 2.18. The fourth-order valence-corrected chi connectivity index (χ4v) is 3.39. The number of H-pyrrole nitrogens is 1. The molecule has 1 aliphatic heterocycles. The van der Waals surface area contributed by atoms with Gasteiger partial charge in [-0.05, 0) is 17.9 Å². The number of aromatic amines is 1. The molecule has 3 rings (SSSR count). The van der Waals surface area contributed by atoms with Crippen molar-refractivity contribution >= 4 is 21.6 Å². The lowest BCUT2D eigenvalue weighted by molar-refractivity contribution is -0.0561. The van der Waals surface area contributed by atoms with Gasteiger partial charge in [-0.15, -0.1) is 11.3 Å². The van der Waals surface area contributed by atoms with Crippen LogP contribution in [0.1, 0.15) is 11.8 Å². The van der Waals surface area contributed by atoms with E-state index in [9.17, 15) is 19.8 Å². The summed E-state index contributed by atoms with van der Waals surface area (Å²) in [5, 5.41) is 30.5. The lowest BCUT2D eigenvalue weighted by Crippen LogP contribution is -2.42. The van der Waals surface area contributed by atoms with Crippen LogP contribution in [0.25, 0.3) is 10.2 Å². The first-order chi connectivity index (χ1) is 9.95. The summed E-state index contributed by atoms with van der Waals surface area (Å²) in [5.74, 6) is 0. The highest BCUT2D eigenvalue weighted by Crippen LogP contribution is 2.28. The SMILES string of the molecule is Cc1csc2c(=O)n(C3OC(CO)C(O)C3O)c(=O)[nH]c12. The van der Waals surface area contributed by atoms with E-state index in [0.29, 0.717) is 10.2 Å². The van der Waals surface area contributed by atoms with Crippen LogP contribution in [0.3, 0.4) is 0 Å². The number of aliphatic hydroxyl groups excluding tert-OH is 3. The molecule has 8 nitrogen and oxygen atoms in total. The third-order valence-electron chi connectivity index (χ3n) is 3.61. The third kappa shape index (κ3) is 2.05. The van der Waals surface area contributed by atoms with E-state index in [-0.39, 0.29) is 0 Å². The smallest absolute Gasteiger partial charge is 0.331 e.